The van der Waals surface area contributed by atoms with E-state index in [0.717, 1.165) is 42.5 Å². The molecule has 1 N–H and O–H groups in total. The summed E-state index contributed by atoms with van der Waals surface area (Å²) >= 11 is 0. The minimum Gasteiger partial charge on any atom is -0.359 e. The first-order valence-corrected chi connectivity index (χ1v) is 17.3. The van der Waals surface area contributed by atoms with Gasteiger partial charge in [-0.25, -0.2) is 26.4 Å². The molecule has 2 saturated heterocycles. The number of benzene rings is 3. The van der Waals surface area contributed by atoms with Crippen LogP contribution in [-0.2, 0) is 36.3 Å². The van der Waals surface area contributed by atoms with Crippen molar-refractivity contribution in [1.29, 1.82) is 0 Å². The molecule has 3 aromatic rings. The van der Waals surface area contributed by atoms with Gasteiger partial charge in [-0.2, -0.15) is 26.3 Å². The Morgan fingerprint density at radius 2 is 1.38 bits per heavy atom. The summed E-state index contributed by atoms with van der Waals surface area (Å²) < 4.78 is 160. The number of hydrogen-bond acceptors (Lipinski definition) is 5. The summed E-state index contributed by atoms with van der Waals surface area (Å²) in [6, 6.07) is 7.33. The quantitative estimate of drug-likeness (QED) is 0.206. The summed E-state index contributed by atoms with van der Waals surface area (Å²) in [5.41, 5.74) is -8.15. The van der Waals surface area contributed by atoms with E-state index in [2.05, 4.69) is 10.1 Å². The van der Waals surface area contributed by atoms with Crippen molar-refractivity contribution < 1.29 is 62.3 Å². The number of hydrogen-bond donors (Lipinski definition) is 1. The van der Waals surface area contributed by atoms with E-state index in [0.29, 0.717) is 37.1 Å². The predicted molar refractivity (Wildman–Crippen MR) is 167 cm³/mol. The molecule has 0 radical (unpaired) electrons. The highest BCUT2D eigenvalue weighted by Gasteiger charge is 2.73. The molecule has 0 spiro atoms. The third-order valence-corrected chi connectivity index (χ3v) is 12.1. The summed E-state index contributed by atoms with van der Waals surface area (Å²) in [6.45, 7) is -2.23. The first-order chi connectivity index (χ1) is 24.3. The van der Waals surface area contributed by atoms with E-state index in [-0.39, 0.29) is 43.4 Å². The fourth-order valence-electron chi connectivity index (χ4n) is 6.73. The molecule has 0 aromatic heterocycles. The number of rotatable bonds is 8. The standard InChI is InChI=1S/C34H32F9N3O5S/c1-44-29(47)21-13-16-45(17-14-21)30(48)46-18-15-31(20-46,52(49,50)25-11-9-24(35)10-12-25)22-5-7-23(8-6-22)32(33(38,39)40,34(41,42)43)51-19-26-27(36)3-2-4-28(26)37/h2-12,21H,13-20H2,1H3,(H,44,47)/t31-/m0/s1. The second-order valence-electron chi connectivity index (χ2n) is 12.5. The molecule has 3 amide bonds. The van der Waals surface area contributed by atoms with Gasteiger partial charge in [-0.3, -0.25) is 4.79 Å². The molecule has 8 nitrogen and oxygen atoms in total. The van der Waals surface area contributed by atoms with Gasteiger partial charge in [-0.05, 0) is 61.2 Å². The van der Waals surface area contributed by atoms with Gasteiger partial charge in [-0.15, -0.1) is 0 Å². The molecule has 282 valence electrons. The van der Waals surface area contributed by atoms with E-state index >= 15 is 0 Å². The molecule has 1 atom stereocenters. The van der Waals surface area contributed by atoms with Gasteiger partial charge in [0, 0.05) is 50.3 Å². The van der Waals surface area contributed by atoms with Gasteiger partial charge in [0.15, 0.2) is 9.84 Å². The van der Waals surface area contributed by atoms with Gasteiger partial charge in [0.2, 0.25) is 5.91 Å². The highest BCUT2D eigenvalue weighted by Crippen LogP contribution is 2.54. The number of ether oxygens (including phenoxy) is 1. The van der Waals surface area contributed by atoms with E-state index in [1.54, 1.807) is 0 Å². The molecule has 0 bridgehead atoms. The fourth-order valence-corrected chi connectivity index (χ4v) is 8.80. The lowest BCUT2D eigenvalue weighted by atomic mass is 9.88. The topological polar surface area (TPSA) is 96.0 Å². The van der Waals surface area contributed by atoms with Crippen molar-refractivity contribution in [3.8, 4) is 0 Å². The van der Waals surface area contributed by atoms with Crippen LogP contribution in [0.4, 0.5) is 44.3 Å². The molecule has 2 aliphatic heterocycles. The zero-order chi connectivity index (χ0) is 38.3. The van der Waals surface area contributed by atoms with Gasteiger partial charge in [0.1, 0.15) is 22.2 Å². The van der Waals surface area contributed by atoms with E-state index in [1.807, 2.05) is 0 Å². The van der Waals surface area contributed by atoms with Crippen LogP contribution in [0, 0.1) is 23.4 Å². The monoisotopic (exact) mass is 765 g/mol. The SMILES string of the molecule is CNC(=O)C1CCN(C(=O)N2CC[C@](c3ccc(C(OCc4c(F)cccc4F)(C(F)(F)F)C(F)(F)F)cc3)(S(=O)(=O)c3ccc(F)cc3)C2)CC1. The Morgan fingerprint density at radius 1 is 0.827 bits per heavy atom. The Labute approximate surface area is 292 Å². The summed E-state index contributed by atoms with van der Waals surface area (Å²) in [6.07, 6.45) is -12.2. The molecule has 0 unspecified atom stereocenters. The Kier molecular flexibility index (Phi) is 10.7. The van der Waals surface area contributed by atoms with E-state index in [9.17, 15) is 57.5 Å². The first-order valence-electron chi connectivity index (χ1n) is 15.9. The van der Waals surface area contributed by atoms with Gasteiger partial charge in [0.25, 0.3) is 5.60 Å². The maximum Gasteiger partial charge on any atom is 0.430 e. The number of alkyl halides is 6. The smallest absolute Gasteiger partial charge is 0.359 e. The van der Waals surface area contributed by atoms with Crippen LogP contribution >= 0.6 is 0 Å². The third-order valence-electron chi connectivity index (χ3n) is 9.63. The Hall–Kier alpha value is -4.32. The van der Waals surface area contributed by atoms with Crippen molar-refractivity contribution in [2.45, 2.75) is 53.5 Å². The number of amides is 3. The summed E-state index contributed by atoms with van der Waals surface area (Å²) in [5, 5.41) is 2.54. The molecule has 3 aromatic carbocycles. The van der Waals surface area contributed by atoms with E-state index in [4.69, 9.17) is 0 Å². The second-order valence-corrected chi connectivity index (χ2v) is 14.8. The molecule has 2 heterocycles. The molecule has 5 rings (SSSR count). The average Bonchev–Trinajstić information content (AvgIpc) is 3.56. The van der Waals surface area contributed by atoms with Crippen molar-refractivity contribution in [1.82, 2.24) is 15.1 Å². The lowest BCUT2D eigenvalue weighted by Gasteiger charge is -2.38. The minimum atomic E-state index is -6.24. The lowest BCUT2D eigenvalue weighted by Crippen LogP contribution is -2.56. The number of piperidine rings is 1. The number of carbonyl (C=O) groups is 2. The zero-order valence-corrected chi connectivity index (χ0v) is 28.1. The zero-order valence-electron chi connectivity index (χ0n) is 27.3. The van der Waals surface area contributed by atoms with Gasteiger partial charge in [-0.1, -0.05) is 30.3 Å². The van der Waals surface area contributed by atoms with Gasteiger partial charge < -0.3 is 19.9 Å². The van der Waals surface area contributed by atoms with Crippen molar-refractivity contribution in [3.05, 3.63) is 101 Å². The molecular weight excluding hydrogens is 733 g/mol. The van der Waals surface area contributed by atoms with Crippen LogP contribution in [0.15, 0.2) is 71.6 Å². The summed E-state index contributed by atoms with van der Waals surface area (Å²) in [5.74, 6) is -4.23. The normalized spacial score (nSPS) is 19.2. The Morgan fingerprint density at radius 3 is 1.90 bits per heavy atom. The number of sulfone groups is 1. The minimum absolute atomic E-state index is 0.160. The number of nitrogens with zero attached hydrogens (tertiary/aromatic N) is 2. The number of urea groups is 1. The second kappa shape index (κ2) is 14.2. The van der Waals surface area contributed by atoms with Crippen molar-refractivity contribution in [3.63, 3.8) is 0 Å². The first kappa shape index (κ1) is 38.9. The van der Waals surface area contributed by atoms with E-state index in [1.165, 1.54) is 16.8 Å². The van der Waals surface area contributed by atoms with E-state index < -0.39 is 85.2 Å². The molecule has 2 fully saturated rings. The third kappa shape index (κ3) is 6.81. The highest BCUT2D eigenvalue weighted by atomic mass is 32.2. The molecule has 18 heteroatoms. The molecule has 52 heavy (non-hydrogen) atoms. The number of halogens is 9. The highest BCUT2D eigenvalue weighted by molar-refractivity contribution is 7.92. The molecule has 0 aliphatic carbocycles. The van der Waals surface area contributed by atoms with Crippen molar-refractivity contribution in [2.24, 2.45) is 5.92 Å². The maximum atomic E-state index is 14.6. The van der Waals surface area contributed by atoms with Crippen molar-refractivity contribution in [2.75, 3.05) is 33.2 Å². The maximum absolute atomic E-state index is 14.6. The van der Waals surface area contributed by atoms with Gasteiger partial charge in [0.05, 0.1) is 11.5 Å². The van der Waals surface area contributed by atoms with Crippen LogP contribution in [0.5, 0.6) is 0 Å². The van der Waals surface area contributed by atoms with Crippen LogP contribution in [0.1, 0.15) is 36.0 Å². The fraction of sp³-hybridized carbons (Fsp3) is 0.412. The Balaban J connectivity index is 1.55. The van der Waals surface area contributed by atoms with Gasteiger partial charge >= 0.3 is 18.4 Å². The molecular formula is C34H32F9N3O5S. The Bertz CT molecular complexity index is 1860. The van der Waals surface area contributed by atoms with Crippen LogP contribution in [0.2, 0.25) is 0 Å². The lowest BCUT2D eigenvalue weighted by molar-refractivity contribution is -0.392. The number of likely N-dealkylation sites (tertiary alicyclic amines) is 2. The largest absolute Gasteiger partial charge is 0.430 e. The van der Waals surface area contributed by atoms with Crippen LogP contribution < -0.4 is 5.32 Å². The summed E-state index contributed by atoms with van der Waals surface area (Å²) in [4.78, 5) is 27.8. The van der Waals surface area contributed by atoms with Crippen LogP contribution in [0.25, 0.3) is 0 Å². The average molecular weight is 766 g/mol. The van der Waals surface area contributed by atoms with Crippen molar-refractivity contribution >= 4 is 21.8 Å². The summed E-state index contributed by atoms with van der Waals surface area (Å²) in [7, 11) is -3.17. The van der Waals surface area contributed by atoms with Crippen LogP contribution in [-0.4, -0.2) is 75.7 Å². The molecule has 0 saturated carbocycles. The predicted octanol–water partition coefficient (Wildman–Crippen LogP) is 6.59. The molecule has 2 aliphatic rings. The number of carbonyl (C=O) groups excluding carboxylic acids is 2. The van der Waals surface area contributed by atoms with Crippen LogP contribution in [0.3, 0.4) is 0 Å². The number of nitrogens with one attached hydrogen (secondary N) is 1.